The van der Waals surface area contributed by atoms with Crippen molar-refractivity contribution >= 4 is 31.8 Å². The Morgan fingerprint density at radius 3 is 1.43 bits per heavy atom. The van der Waals surface area contributed by atoms with Crippen molar-refractivity contribution < 1.29 is 66.7 Å². The molecule has 5 rings (SSSR count). The van der Waals surface area contributed by atoms with Crippen molar-refractivity contribution in [2.45, 2.75) is 43.7 Å². The summed E-state index contributed by atoms with van der Waals surface area (Å²) in [7, 11) is -2.60. The second-order valence-electron chi connectivity index (χ2n) is 11.0. The number of alkyl halides is 9. The summed E-state index contributed by atoms with van der Waals surface area (Å²) in [6, 6.07) is 42.4. The molecule has 0 aliphatic heterocycles. The summed E-state index contributed by atoms with van der Waals surface area (Å²) in [6.45, 7) is 0. The highest BCUT2D eigenvalue weighted by Crippen LogP contribution is 2.54. The average Bonchev–Trinajstić information content (AvgIpc) is 3.13. The van der Waals surface area contributed by atoms with Crippen LogP contribution in [-0.4, -0.2) is 57.6 Å². The number of ether oxygens (including phenoxy) is 3. The lowest BCUT2D eigenvalue weighted by Gasteiger charge is -2.34. The number of hydrogen-bond donors (Lipinski definition) is 0. The molecule has 0 amide bonds. The third-order valence-electron chi connectivity index (χ3n) is 7.86. The first kappa shape index (κ1) is 41.5. The van der Waals surface area contributed by atoms with Crippen LogP contribution >= 0.6 is 0 Å². The Labute approximate surface area is 301 Å². The topological polar surface area (TPSA) is 84.9 Å². The van der Waals surface area contributed by atoms with Crippen LogP contribution in [0.15, 0.2) is 136 Å². The van der Waals surface area contributed by atoms with Crippen LogP contribution in [0, 0.1) is 0 Å². The van der Waals surface area contributed by atoms with E-state index in [0.717, 1.165) is 22.3 Å². The van der Waals surface area contributed by atoms with Crippen LogP contribution in [0.4, 0.5) is 39.5 Å². The lowest BCUT2D eigenvalue weighted by Crippen LogP contribution is -2.63. The van der Waals surface area contributed by atoms with Gasteiger partial charge in [0.1, 0.15) is 5.75 Å². The van der Waals surface area contributed by atoms with Crippen molar-refractivity contribution in [3.63, 3.8) is 0 Å². The first-order valence-corrected chi connectivity index (χ1v) is 17.6. The summed E-state index contributed by atoms with van der Waals surface area (Å²) in [6.07, 6.45) is -7.16. The van der Waals surface area contributed by atoms with Gasteiger partial charge in [-0.15, -0.1) is 0 Å². The maximum absolute atomic E-state index is 12.2. The smallest absolute Gasteiger partial charge is 0.460 e. The number of rotatable bonds is 11. The van der Waals surface area contributed by atoms with Gasteiger partial charge in [-0.2, -0.15) is 39.5 Å². The highest BCUT2D eigenvalue weighted by atomic mass is 32.2. The molecule has 0 saturated heterocycles. The van der Waals surface area contributed by atoms with Crippen LogP contribution in [0.2, 0.25) is 0 Å². The minimum absolute atomic E-state index is 0.191. The molecule has 284 valence electrons. The van der Waals surface area contributed by atoms with Crippen molar-refractivity contribution in [2.75, 3.05) is 21.3 Å². The van der Waals surface area contributed by atoms with Crippen LogP contribution in [0.25, 0.3) is 10.8 Å². The van der Waals surface area contributed by atoms with Gasteiger partial charge in [-0.3, -0.25) is 0 Å². The zero-order chi connectivity index (χ0) is 39.5. The second kappa shape index (κ2) is 15.6. The van der Waals surface area contributed by atoms with E-state index in [2.05, 4.69) is 97.1 Å². The van der Waals surface area contributed by atoms with Crippen molar-refractivity contribution in [2.24, 2.45) is 0 Å². The molecule has 0 saturated carbocycles. The SMILES string of the molecule is COc1ccc(C(OC)(OC)c2ccc3cc([S+](c4ccccc4)c4ccccc4)ccc3c2)cc1.O=S(=O)([O-])C(F)(F)C(F)(F)C(F)(F)C(F)(F)F. The van der Waals surface area contributed by atoms with Crippen LogP contribution in [0.5, 0.6) is 5.75 Å². The van der Waals surface area contributed by atoms with Gasteiger partial charge in [0.25, 0.3) is 0 Å². The van der Waals surface area contributed by atoms with Gasteiger partial charge in [0.15, 0.2) is 24.8 Å². The largest absolute Gasteiger partial charge is 0.743 e. The lowest BCUT2D eigenvalue weighted by molar-refractivity contribution is -0.382. The fourth-order valence-electron chi connectivity index (χ4n) is 5.13. The molecule has 0 aliphatic carbocycles. The first-order chi connectivity index (χ1) is 24.7. The van der Waals surface area contributed by atoms with E-state index < -0.39 is 39.2 Å². The van der Waals surface area contributed by atoms with E-state index in [9.17, 15) is 52.5 Å². The van der Waals surface area contributed by atoms with E-state index >= 15 is 0 Å². The third kappa shape index (κ3) is 7.99. The van der Waals surface area contributed by atoms with E-state index in [4.69, 9.17) is 14.2 Å². The number of halogens is 9. The molecule has 17 heteroatoms. The van der Waals surface area contributed by atoms with Crippen molar-refractivity contribution in [1.82, 2.24) is 0 Å². The molecular formula is C36H29F9O6S2. The number of fused-ring (bicyclic) bond motifs is 1. The summed E-state index contributed by atoms with van der Waals surface area (Å²) in [5.41, 5.74) is 1.84. The molecule has 0 heterocycles. The van der Waals surface area contributed by atoms with Crippen molar-refractivity contribution in [3.05, 3.63) is 132 Å². The van der Waals surface area contributed by atoms with Gasteiger partial charge in [-0.25, -0.2) is 8.42 Å². The van der Waals surface area contributed by atoms with Crippen LogP contribution < -0.4 is 4.74 Å². The standard InChI is InChI=1S/C32H29O3S.C4HF9O3S/c1-33-28-19-17-26(18-20-28)32(34-2,35-3)27-16-14-25-23-31(21-15-24(25)22-27)36(29-10-6-4-7-11-29)30-12-8-5-9-13-30;5-1(6,3(9,10)11)2(7,8)4(12,13)17(14,15)16/h4-23H,1-3H3;(H,14,15,16)/q+1;/p-1. The van der Waals surface area contributed by atoms with Gasteiger partial charge in [0.2, 0.25) is 5.79 Å². The number of benzene rings is 5. The molecule has 0 fully saturated rings. The zero-order valence-corrected chi connectivity index (χ0v) is 29.3. The van der Waals surface area contributed by atoms with E-state index in [-0.39, 0.29) is 10.9 Å². The summed E-state index contributed by atoms with van der Waals surface area (Å²) in [4.78, 5) is 3.89. The van der Waals surface area contributed by atoms with E-state index in [0.29, 0.717) is 0 Å². The monoisotopic (exact) mass is 792 g/mol. The Balaban J connectivity index is 0.000000313. The molecule has 0 bridgehead atoms. The first-order valence-electron chi connectivity index (χ1n) is 15.0. The molecule has 0 unspecified atom stereocenters. The van der Waals surface area contributed by atoms with Gasteiger partial charge < -0.3 is 18.8 Å². The maximum Gasteiger partial charge on any atom is 0.460 e. The van der Waals surface area contributed by atoms with Gasteiger partial charge in [0.05, 0.1) is 18.0 Å². The van der Waals surface area contributed by atoms with Crippen LogP contribution in [0.1, 0.15) is 11.1 Å². The third-order valence-corrected chi connectivity index (χ3v) is 11.0. The molecule has 0 aliphatic rings. The molecule has 53 heavy (non-hydrogen) atoms. The summed E-state index contributed by atoms with van der Waals surface area (Å²) in [5.74, 6) is -15.0. The Hall–Kier alpha value is -4.29. The molecule has 5 aromatic rings. The second-order valence-corrected chi connectivity index (χ2v) is 14.5. The average molecular weight is 793 g/mol. The molecule has 0 N–H and O–H groups in total. The summed E-state index contributed by atoms with van der Waals surface area (Å²) < 4.78 is 153. The molecule has 5 aromatic carbocycles. The molecular weight excluding hydrogens is 764 g/mol. The zero-order valence-electron chi connectivity index (χ0n) is 27.7. The normalized spacial score (nSPS) is 13.1. The predicted molar refractivity (Wildman–Crippen MR) is 177 cm³/mol. The van der Waals surface area contributed by atoms with E-state index in [1.54, 1.807) is 21.3 Å². The highest BCUT2D eigenvalue weighted by Gasteiger charge is 2.83. The summed E-state index contributed by atoms with van der Waals surface area (Å²) >= 11 is 0. The maximum atomic E-state index is 12.2. The molecule has 0 spiro atoms. The van der Waals surface area contributed by atoms with Crippen molar-refractivity contribution in [1.29, 1.82) is 0 Å². The van der Waals surface area contributed by atoms with E-state index in [1.807, 2.05) is 24.3 Å². The Morgan fingerprint density at radius 1 is 0.547 bits per heavy atom. The molecule has 0 atom stereocenters. The van der Waals surface area contributed by atoms with E-state index in [1.165, 1.54) is 20.1 Å². The van der Waals surface area contributed by atoms with Gasteiger partial charge in [-0.05, 0) is 77.5 Å². The molecule has 0 radical (unpaired) electrons. The van der Waals surface area contributed by atoms with Gasteiger partial charge >= 0.3 is 23.3 Å². The highest BCUT2D eigenvalue weighted by molar-refractivity contribution is 7.97. The lowest BCUT2D eigenvalue weighted by atomic mass is 9.94. The Bertz CT molecular complexity index is 2050. The van der Waals surface area contributed by atoms with Crippen molar-refractivity contribution in [3.8, 4) is 5.75 Å². The van der Waals surface area contributed by atoms with Gasteiger partial charge in [-0.1, -0.05) is 48.5 Å². The number of hydrogen-bond acceptors (Lipinski definition) is 6. The van der Waals surface area contributed by atoms with Gasteiger partial charge in [0, 0.05) is 31.4 Å². The number of methoxy groups -OCH3 is 3. The van der Waals surface area contributed by atoms with Crippen LogP contribution in [0.3, 0.4) is 0 Å². The fraction of sp³-hybridized carbons (Fsp3) is 0.222. The quantitative estimate of drug-likeness (QED) is 0.0574. The minimum Gasteiger partial charge on any atom is -0.743 e. The molecule has 0 aromatic heterocycles. The predicted octanol–water partition coefficient (Wildman–Crippen LogP) is 9.39. The Morgan fingerprint density at radius 2 is 1.00 bits per heavy atom. The summed E-state index contributed by atoms with van der Waals surface area (Å²) in [5, 5.41) is -4.80. The minimum atomic E-state index is -7.43. The Kier molecular flexibility index (Phi) is 12.2. The van der Waals surface area contributed by atoms with Crippen LogP contribution in [-0.2, 0) is 36.3 Å². The molecule has 6 nitrogen and oxygen atoms in total. The fourth-order valence-corrected chi connectivity index (χ4v) is 7.69.